The Hall–Kier alpha value is -1.05. The van der Waals surface area contributed by atoms with E-state index in [4.69, 9.17) is 4.74 Å². The number of benzene rings is 1. The van der Waals surface area contributed by atoms with Crippen LogP contribution < -0.4 is 4.74 Å². The number of ether oxygens (including phenoxy) is 1. The van der Waals surface area contributed by atoms with Crippen molar-refractivity contribution in [2.45, 2.75) is 13.8 Å². The van der Waals surface area contributed by atoms with Gasteiger partial charge in [0.15, 0.2) is 11.6 Å². The zero-order chi connectivity index (χ0) is 8.27. The van der Waals surface area contributed by atoms with E-state index in [1.807, 2.05) is 6.92 Å². The monoisotopic (exact) mass is 154 g/mol. The molecule has 0 aliphatic heterocycles. The van der Waals surface area contributed by atoms with E-state index in [1.54, 1.807) is 25.1 Å². The minimum atomic E-state index is -0.255. The first-order valence-corrected chi connectivity index (χ1v) is 3.63. The average molecular weight is 154 g/mol. The van der Waals surface area contributed by atoms with Gasteiger partial charge < -0.3 is 4.74 Å². The summed E-state index contributed by atoms with van der Waals surface area (Å²) in [5.41, 5.74) is 0.621. The van der Waals surface area contributed by atoms with E-state index in [0.29, 0.717) is 17.9 Å². The highest BCUT2D eigenvalue weighted by Gasteiger charge is 2.03. The van der Waals surface area contributed by atoms with Crippen molar-refractivity contribution in [3.63, 3.8) is 0 Å². The highest BCUT2D eigenvalue weighted by atomic mass is 19.1. The first kappa shape index (κ1) is 8.05. The van der Waals surface area contributed by atoms with Crippen LogP contribution in [0.1, 0.15) is 12.5 Å². The lowest BCUT2D eigenvalue weighted by atomic mass is 10.2. The second kappa shape index (κ2) is 3.37. The van der Waals surface area contributed by atoms with E-state index in [2.05, 4.69) is 0 Å². The van der Waals surface area contributed by atoms with Gasteiger partial charge >= 0.3 is 0 Å². The minimum Gasteiger partial charge on any atom is -0.491 e. The maximum Gasteiger partial charge on any atom is 0.167 e. The van der Waals surface area contributed by atoms with Crippen LogP contribution in [0, 0.1) is 12.7 Å². The first-order valence-electron chi connectivity index (χ1n) is 3.63. The molecule has 0 bridgehead atoms. The molecule has 0 heterocycles. The van der Waals surface area contributed by atoms with Crippen LogP contribution in [0.4, 0.5) is 4.39 Å². The van der Waals surface area contributed by atoms with Crippen LogP contribution in [0.3, 0.4) is 0 Å². The van der Waals surface area contributed by atoms with Gasteiger partial charge in [0.1, 0.15) is 0 Å². The first-order chi connectivity index (χ1) is 5.25. The minimum absolute atomic E-state index is 0.255. The Kier molecular flexibility index (Phi) is 2.47. The molecule has 0 saturated carbocycles. The lowest BCUT2D eigenvalue weighted by molar-refractivity contribution is 0.320. The Bertz CT molecular complexity index is 245. The second-order valence-corrected chi connectivity index (χ2v) is 2.32. The number of halogens is 1. The molecule has 0 aromatic heterocycles. The highest BCUT2D eigenvalue weighted by molar-refractivity contribution is 5.29. The van der Waals surface area contributed by atoms with Crippen LogP contribution in [-0.4, -0.2) is 6.61 Å². The molecular formula is C9H11FO. The molecule has 0 saturated heterocycles. The Morgan fingerprint density at radius 3 is 2.82 bits per heavy atom. The van der Waals surface area contributed by atoms with Crippen molar-refractivity contribution in [2.75, 3.05) is 6.61 Å². The molecule has 60 valence electrons. The molecule has 0 radical (unpaired) electrons. The van der Waals surface area contributed by atoms with Crippen LogP contribution in [0.25, 0.3) is 0 Å². The van der Waals surface area contributed by atoms with Crippen LogP contribution in [0.15, 0.2) is 18.2 Å². The Morgan fingerprint density at radius 2 is 2.18 bits per heavy atom. The summed E-state index contributed by atoms with van der Waals surface area (Å²) in [5, 5.41) is 0. The number of aryl methyl sites for hydroxylation is 1. The van der Waals surface area contributed by atoms with Gasteiger partial charge in [-0.15, -0.1) is 0 Å². The zero-order valence-electron chi connectivity index (χ0n) is 6.73. The van der Waals surface area contributed by atoms with E-state index in [-0.39, 0.29) is 5.82 Å². The molecular weight excluding hydrogens is 143 g/mol. The molecule has 1 aromatic rings. The van der Waals surface area contributed by atoms with Crippen LogP contribution in [0.2, 0.25) is 0 Å². The van der Waals surface area contributed by atoms with E-state index >= 15 is 0 Å². The van der Waals surface area contributed by atoms with Crippen molar-refractivity contribution in [2.24, 2.45) is 0 Å². The molecule has 0 unspecified atom stereocenters. The molecule has 1 aromatic carbocycles. The van der Waals surface area contributed by atoms with E-state index in [9.17, 15) is 4.39 Å². The van der Waals surface area contributed by atoms with Crippen LogP contribution >= 0.6 is 0 Å². The second-order valence-electron chi connectivity index (χ2n) is 2.32. The van der Waals surface area contributed by atoms with Gasteiger partial charge in [0.2, 0.25) is 0 Å². The fraction of sp³-hybridized carbons (Fsp3) is 0.333. The zero-order valence-corrected chi connectivity index (χ0v) is 6.73. The summed E-state index contributed by atoms with van der Waals surface area (Å²) in [6.07, 6.45) is 0. The van der Waals surface area contributed by atoms with Gasteiger partial charge in [0, 0.05) is 0 Å². The fourth-order valence-corrected chi connectivity index (χ4v) is 0.887. The third-order valence-corrected chi connectivity index (χ3v) is 1.46. The summed E-state index contributed by atoms with van der Waals surface area (Å²) in [6, 6.07) is 5.13. The molecule has 0 N–H and O–H groups in total. The maximum atomic E-state index is 13.1. The Labute approximate surface area is 65.8 Å². The molecule has 0 amide bonds. The normalized spacial score (nSPS) is 9.73. The largest absolute Gasteiger partial charge is 0.491 e. The van der Waals surface area contributed by atoms with Crippen molar-refractivity contribution in [1.82, 2.24) is 0 Å². The molecule has 2 heteroatoms. The summed E-state index contributed by atoms with van der Waals surface area (Å²) in [6.45, 7) is 4.06. The van der Waals surface area contributed by atoms with Gasteiger partial charge in [0.05, 0.1) is 6.61 Å². The number of hydrogen-bond donors (Lipinski definition) is 0. The predicted molar refractivity (Wildman–Crippen MR) is 42.3 cm³/mol. The Balaban J connectivity index is 2.96. The third kappa shape index (κ3) is 1.70. The number of rotatable bonds is 2. The van der Waals surface area contributed by atoms with Gasteiger partial charge in [0.25, 0.3) is 0 Å². The summed E-state index contributed by atoms with van der Waals surface area (Å²) >= 11 is 0. The quantitative estimate of drug-likeness (QED) is 0.636. The van der Waals surface area contributed by atoms with E-state index < -0.39 is 0 Å². The third-order valence-electron chi connectivity index (χ3n) is 1.46. The van der Waals surface area contributed by atoms with E-state index in [0.717, 1.165) is 0 Å². The molecule has 0 fully saturated rings. The standard InChI is InChI=1S/C9H11FO/c1-3-11-8-6-4-5-7(2)9(8)10/h4-6H,3H2,1-2H3. The molecule has 0 spiro atoms. The van der Waals surface area contributed by atoms with E-state index in [1.165, 1.54) is 0 Å². The van der Waals surface area contributed by atoms with Gasteiger partial charge in [-0.3, -0.25) is 0 Å². The lowest BCUT2D eigenvalue weighted by Gasteiger charge is -2.04. The highest BCUT2D eigenvalue weighted by Crippen LogP contribution is 2.18. The lowest BCUT2D eigenvalue weighted by Crippen LogP contribution is -1.95. The SMILES string of the molecule is CCOc1cccc(C)c1F. The average Bonchev–Trinajstić information content (AvgIpc) is 1.99. The Morgan fingerprint density at radius 1 is 1.45 bits per heavy atom. The van der Waals surface area contributed by atoms with Crippen molar-refractivity contribution >= 4 is 0 Å². The van der Waals surface area contributed by atoms with Crippen molar-refractivity contribution in [1.29, 1.82) is 0 Å². The molecule has 0 aliphatic carbocycles. The molecule has 1 rings (SSSR count). The molecule has 0 aliphatic rings. The fourth-order valence-electron chi connectivity index (χ4n) is 0.887. The maximum absolute atomic E-state index is 13.1. The van der Waals surface area contributed by atoms with Crippen LogP contribution in [0.5, 0.6) is 5.75 Å². The topological polar surface area (TPSA) is 9.23 Å². The molecule has 11 heavy (non-hydrogen) atoms. The number of hydrogen-bond acceptors (Lipinski definition) is 1. The smallest absolute Gasteiger partial charge is 0.167 e. The molecule has 0 atom stereocenters. The van der Waals surface area contributed by atoms with Crippen molar-refractivity contribution in [3.05, 3.63) is 29.6 Å². The van der Waals surface area contributed by atoms with Gasteiger partial charge in [-0.05, 0) is 25.5 Å². The van der Waals surface area contributed by atoms with Crippen molar-refractivity contribution < 1.29 is 9.13 Å². The molecule has 1 nitrogen and oxygen atoms in total. The van der Waals surface area contributed by atoms with Gasteiger partial charge in [-0.2, -0.15) is 0 Å². The van der Waals surface area contributed by atoms with Gasteiger partial charge in [-0.25, -0.2) is 4.39 Å². The van der Waals surface area contributed by atoms with Gasteiger partial charge in [-0.1, -0.05) is 12.1 Å². The van der Waals surface area contributed by atoms with Crippen LogP contribution in [-0.2, 0) is 0 Å². The summed E-state index contributed by atoms with van der Waals surface area (Å²) < 4.78 is 18.1. The summed E-state index contributed by atoms with van der Waals surface area (Å²) in [4.78, 5) is 0. The predicted octanol–water partition coefficient (Wildman–Crippen LogP) is 2.53. The summed E-state index contributed by atoms with van der Waals surface area (Å²) in [5.74, 6) is 0.0850. The van der Waals surface area contributed by atoms with Crippen molar-refractivity contribution in [3.8, 4) is 5.75 Å². The summed E-state index contributed by atoms with van der Waals surface area (Å²) in [7, 11) is 0.